The lowest BCUT2D eigenvalue weighted by molar-refractivity contribution is -0.203. The number of rotatable bonds is 6. The van der Waals surface area contributed by atoms with Crippen LogP contribution in [0.5, 0.6) is 5.75 Å². The standard InChI is InChI=1S/C28H25F3N4O3/c1-17-6-9-25(38-16-18-7-8-19-10-11-34(2)15-20(19)13-18)21(12-17)22-4-3-5-23(33-22)26-32-14-24(27(36)37)35(26)28(29,30)31/h3-9,12-14H,10-11,15-16H2,1-2H3,(H,36,37). The van der Waals surface area contributed by atoms with E-state index in [4.69, 9.17) is 4.74 Å². The normalized spacial score (nSPS) is 13.8. The fourth-order valence-corrected chi connectivity index (χ4v) is 4.62. The molecular weight excluding hydrogens is 497 g/mol. The average Bonchev–Trinajstić information content (AvgIpc) is 3.34. The first-order valence-electron chi connectivity index (χ1n) is 12.0. The Bertz CT molecular complexity index is 1510. The predicted molar refractivity (Wildman–Crippen MR) is 135 cm³/mol. The summed E-state index contributed by atoms with van der Waals surface area (Å²) in [5.41, 5.74) is 4.43. The van der Waals surface area contributed by atoms with Crippen molar-refractivity contribution in [2.45, 2.75) is 32.8 Å². The van der Waals surface area contributed by atoms with Crippen LogP contribution in [0.3, 0.4) is 0 Å². The van der Waals surface area contributed by atoms with Crippen molar-refractivity contribution in [2.75, 3.05) is 13.6 Å². The number of fused-ring (bicyclic) bond motifs is 1. The molecule has 196 valence electrons. The lowest BCUT2D eigenvalue weighted by Gasteiger charge is -2.25. The van der Waals surface area contributed by atoms with Gasteiger partial charge in [0.25, 0.3) is 0 Å². The summed E-state index contributed by atoms with van der Waals surface area (Å²) < 4.78 is 47.1. The summed E-state index contributed by atoms with van der Waals surface area (Å²) >= 11 is 0. The van der Waals surface area contributed by atoms with Crippen LogP contribution in [0.1, 0.15) is 32.7 Å². The molecule has 0 saturated carbocycles. The second kappa shape index (κ2) is 9.94. The minimum Gasteiger partial charge on any atom is -0.488 e. The molecule has 0 bridgehead atoms. The highest BCUT2D eigenvalue weighted by Gasteiger charge is 2.38. The number of halogens is 3. The van der Waals surface area contributed by atoms with Gasteiger partial charge in [-0.2, -0.15) is 0 Å². The number of nitrogens with zero attached hydrogens (tertiary/aromatic N) is 4. The van der Waals surface area contributed by atoms with E-state index in [1.54, 1.807) is 12.1 Å². The third-order valence-electron chi connectivity index (χ3n) is 6.49. The molecule has 3 heterocycles. The van der Waals surface area contributed by atoms with Crippen molar-refractivity contribution in [3.63, 3.8) is 0 Å². The molecule has 1 N–H and O–H groups in total. The van der Waals surface area contributed by atoms with E-state index >= 15 is 0 Å². The van der Waals surface area contributed by atoms with Crippen LogP contribution in [0.25, 0.3) is 22.8 Å². The zero-order valence-electron chi connectivity index (χ0n) is 20.8. The molecule has 2 aromatic heterocycles. The van der Waals surface area contributed by atoms with Crippen LogP contribution in [0.4, 0.5) is 13.2 Å². The zero-order chi connectivity index (χ0) is 27.0. The topological polar surface area (TPSA) is 80.5 Å². The number of alkyl halides is 3. The minimum atomic E-state index is -4.99. The number of hydrogen-bond acceptors (Lipinski definition) is 5. The molecule has 2 aromatic carbocycles. The number of benzene rings is 2. The van der Waals surface area contributed by atoms with E-state index in [1.165, 1.54) is 17.2 Å². The molecule has 0 fully saturated rings. The summed E-state index contributed by atoms with van der Waals surface area (Å²) in [5, 5.41) is 9.22. The van der Waals surface area contributed by atoms with Gasteiger partial charge in [-0.3, -0.25) is 0 Å². The predicted octanol–water partition coefficient (Wildman–Crippen LogP) is 5.66. The lowest BCUT2D eigenvalue weighted by atomic mass is 9.98. The van der Waals surface area contributed by atoms with E-state index in [0.29, 0.717) is 29.8 Å². The molecule has 0 atom stereocenters. The molecule has 4 aromatic rings. The second-order valence-electron chi connectivity index (χ2n) is 9.36. The van der Waals surface area contributed by atoms with Crippen molar-refractivity contribution >= 4 is 5.97 Å². The number of likely N-dealkylation sites (N-methyl/N-ethyl adjacent to an activating group) is 1. The van der Waals surface area contributed by atoms with Crippen molar-refractivity contribution in [3.05, 3.63) is 88.7 Å². The summed E-state index contributed by atoms with van der Waals surface area (Å²) in [7, 11) is 2.09. The fraction of sp³-hybridized carbons (Fsp3) is 0.250. The maximum atomic E-state index is 13.7. The van der Waals surface area contributed by atoms with E-state index in [9.17, 15) is 23.1 Å². The number of aromatic nitrogens is 3. The molecule has 0 radical (unpaired) electrons. The number of carboxylic acid groups (broad SMARTS) is 1. The number of pyridine rings is 1. The van der Waals surface area contributed by atoms with Crippen LogP contribution >= 0.6 is 0 Å². The monoisotopic (exact) mass is 522 g/mol. The van der Waals surface area contributed by atoms with Gasteiger partial charge in [-0.25, -0.2) is 19.3 Å². The highest BCUT2D eigenvalue weighted by molar-refractivity contribution is 5.86. The van der Waals surface area contributed by atoms with E-state index in [2.05, 4.69) is 34.0 Å². The second-order valence-corrected chi connectivity index (χ2v) is 9.36. The third kappa shape index (κ3) is 5.12. The Balaban J connectivity index is 1.47. The number of aromatic carboxylic acids is 1. The molecule has 1 aliphatic heterocycles. The third-order valence-corrected chi connectivity index (χ3v) is 6.49. The first-order valence-corrected chi connectivity index (χ1v) is 12.0. The highest BCUT2D eigenvalue weighted by Crippen LogP contribution is 2.34. The molecule has 0 saturated heterocycles. The lowest BCUT2D eigenvalue weighted by Crippen LogP contribution is -2.26. The van der Waals surface area contributed by atoms with Crippen molar-refractivity contribution in [1.29, 1.82) is 0 Å². The van der Waals surface area contributed by atoms with Crippen LogP contribution in [0.15, 0.2) is 60.8 Å². The number of carboxylic acids is 1. The van der Waals surface area contributed by atoms with Gasteiger partial charge in [-0.15, -0.1) is 13.2 Å². The maximum Gasteiger partial charge on any atom is 0.490 e. The fourth-order valence-electron chi connectivity index (χ4n) is 4.62. The SMILES string of the molecule is Cc1ccc(OCc2ccc3c(c2)CN(C)CC3)c(-c2cccc(-c3ncc(C(=O)O)n3C(F)(F)F)n2)c1. The molecular formula is C28H25F3N4O3. The van der Waals surface area contributed by atoms with Crippen LogP contribution < -0.4 is 4.74 Å². The number of carbonyl (C=O) groups is 1. The van der Waals surface area contributed by atoms with Crippen molar-refractivity contribution in [3.8, 4) is 28.5 Å². The van der Waals surface area contributed by atoms with Gasteiger partial charge in [0, 0.05) is 18.7 Å². The Morgan fingerprint density at radius 2 is 1.87 bits per heavy atom. The first-order chi connectivity index (χ1) is 18.1. The van der Waals surface area contributed by atoms with E-state index in [1.807, 2.05) is 31.2 Å². The maximum absolute atomic E-state index is 13.7. The Hall–Kier alpha value is -4.18. The van der Waals surface area contributed by atoms with Crippen LogP contribution in [0.2, 0.25) is 0 Å². The Kier molecular flexibility index (Phi) is 6.66. The molecule has 0 spiro atoms. The van der Waals surface area contributed by atoms with Gasteiger partial charge >= 0.3 is 12.3 Å². The van der Waals surface area contributed by atoms with Gasteiger partial charge in [0.1, 0.15) is 18.1 Å². The van der Waals surface area contributed by atoms with Gasteiger partial charge in [0.15, 0.2) is 11.5 Å². The molecule has 38 heavy (non-hydrogen) atoms. The van der Waals surface area contributed by atoms with Gasteiger partial charge in [0.05, 0.1) is 11.9 Å². The summed E-state index contributed by atoms with van der Waals surface area (Å²) in [5.74, 6) is -1.81. The van der Waals surface area contributed by atoms with Gasteiger partial charge in [-0.1, -0.05) is 35.9 Å². The Labute approximate surface area is 217 Å². The molecule has 10 heteroatoms. The summed E-state index contributed by atoms with van der Waals surface area (Å²) in [6.07, 6.45) is -3.30. The quantitative estimate of drug-likeness (QED) is 0.352. The van der Waals surface area contributed by atoms with Gasteiger partial charge in [0.2, 0.25) is 0 Å². The molecule has 5 rings (SSSR count). The molecule has 0 unspecified atom stereocenters. The van der Waals surface area contributed by atoms with E-state index in [0.717, 1.165) is 30.6 Å². The number of aryl methyl sites for hydroxylation is 1. The zero-order valence-corrected chi connectivity index (χ0v) is 20.8. The van der Waals surface area contributed by atoms with Gasteiger partial charge in [-0.05, 0) is 61.3 Å². The minimum absolute atomic E-state index is 0.112. The largest absolute Gasteiger partial charge is 0.490 e. The molecule has 1 aliphatic rings. The number of imidazole rings is 1. The number of ether oxygens (including phenoxy) is 1. The smallest absolute Gasteiger partial charge is 0.488 e. The van der Waals surface area contributed by atoms with Crippen molar-refractivity contribution in [1.82, 2.24) is 19.4 Å². The van der Waals surface area contributed by atoms with E-state index in [-0.39, 0.29) is 10.3 Å². The average molecular weight is 523 g/mol. The van der Waals surface area contributed by atoms with E-state index < -0.39 is 23.8 Å². The summed E-state index contributed by atoms with van der Waals surface area (Å²) in [6, 6.07) is 16.5. The van der Waals surface area contributed by atoms with Crippen molar-refractivity contribution in [2.24, 2.45) is 0 Å². The van der Waals surface area contributed by atoms with Crippen LogP contribution in [-0.2, 0) is 25.9 Å². The van der Waals surface area contributed by atoms with Gasteiger partial charge < -0.3 is 14.7 Å². The summed E-state index contributed by atoms with van der Waals surface area (Å²) in [6.45, 7) is 4.12. The Morgan fingerprint density at radius 3 is 2.63 bits per heavy atom. The molecule has 7 nitrogen and oxygen atoms in total. The summed E-state index contributed by atoms with van der Waals surface area (Å²) in [4.78, 5) is 21.8. The highest BCUT2D eigenvalue weighted by atomic mass is 19.4. The first kappa shape index (κ1) is 25.5. The van der Waals surface area contributed by atoms with Crippen LogP contribution in [0, 0.1) is 6.92 Å². The molecule has 0 aliphatic carbocycles. The van der Waals surface area contributed by atoms with Crippen molar-refractivity contribution < 1.29 is 27.8 Å². The Morgan fingerprint density at radius 1 is 1.08 bits per heavy atom. The van der Waals surface area contributed by atoms with Crippen LogP contribution in [-0.4, -0.2) is 44.1 Å². The molecule has 0 amide bonds. The number of hydrogen-bond donors (Lipinski definition) is 1.